The van der Waals surface area contributed by atoms with Gasteiger partial charge < -0.3 is 14.8 Å². The van der Waals surface area contributed by atoms with Gasteiger partial charge in [-0.15, -0.1) is 0 Å². The van der Waals surface area contributed by atoms with Crippen LogP contribution in [0.2, 0.25) is 0 Å². The average Bonchev–Trinajstić information content (AvgIpc) is 2.34. The van der Waals surface area contributed by atoms with Crippen LogP contribution in [0, 0.1) is 6.92 Å². The molecule has 0 radical (unpaired) electrons. The normalized spacial score (nSPS) is 11.6. The van der Waals surface area contributed by atoms with Gasteiger partial charge in [0, 0.05) is 32.5 Å². The summed E-state index contributed by atoms with van der Waals surface area (Å²) in [6, 6.07) is 1.90. The minimum Gasteiger partial charge on any atom is -0.379 e. The third-order valence-electron chi connectivity index (χ3n) is 2.79. The molecule has 1 N–H and O–H groups in total. The standard InChI is InChI=1S/C13H23N3O2/c1-10-8-11(14-4)16-12(15-10)9-18-7-6-13(2,3)17-5/h8H,6-7,9H2,1-5H3,(H,14,15,16). The van der Waals surface area contributed by atoms with E-state index in [1.54, 1.807) is 7.11 Å². The van der Waals surface area contributed by atoms with Crippen molar-refractivity contribution in [1.82, 2.24) is 9.97 Å². The molecule has 1 heterocycles. The zero-order valence-electron chi connectivity index (χ0n) is 11.9. The lowest BCUT2D eigenvalue weighted by Crippen LogP contribution is -2.24. The Kier molecular flexibility index (Phi) is 5.50. The van der Waals surface area contributed by atoms with E-state index in [1.165, 1.54) is 0 Å². The summed E-state index contributed by atoms with van der Waals surface area (Å²) in [7, 11) is 3.55. The van der Waals surface area contributed by atoms with E-state index < -0.39 is 0 Å². The number of hydrogen-bond acceptors (Lipinski definition) is 5. The van der Waals surface area contributed by atoms with Crippen LogP contribution in [0.5, 0.6) is 0 Å². The average molecular weight is 253 g/mol. The molecule has 102 valence electrons. The summed E-state index contributed by atoms with van der Waals surface area (Å²) in [6.45, 7) is 7.08. The summed E-state index contributed by atoms with van der Waals surface area (Å²) in [5.41, 5.74) is 0.786. The zero-order chi connectivity index (χ0) is 13.6. The van der Waals surface area contributed by atoms with Crippen LogP contribution in [0.1, 0.15) is 31.8 Å². The Balaban J connectivity index is 2.42. The minimum absolute atomic E-state index is 0.149. The SMILES string of the molecule is CNc1cc(C)nc(COCCC(C)(C)OC)n1. The summed E-state index contributed by atoms with van der Waals surface area (Å²) in [5.74, 6) is 1.52. The molecular weight excluding hydrogens is 230 g/mol. The highest BCUT2D eigenvalue weighted by Gasteiger charge is 2.15. The third kappa shape index (κ3) is 4.98. The summed E-state index contributed by atoms with van der Waals surface area (Å²) in [5, 5.41) is 3.01. The molecule has 0 aliphatic heterocycles. The second-order valence-electron chi connectivity index (χ2n) is 4.83. The molecule has 0 saturated heterocycles. The van der Waals surface area contributed by atoms with E-state index in [4.69, 9.17) is 9.47 Å². The van der Waals surface area contributed by atoms with Gasteiger partial charge in [0.25, 0.3) is 0 Å². The Labute approximate surface area is 109 Å². The quantitative estimate of drug-likeness (QED) is 0.755. The van der Waals surface area contributed by atoms with E-state index >= 15 is 0 Å². The highest BCUT2D eigenvalue weighted by Crippen LogP contribution is 2.13. The largest absolute Gasteiger partial charge is 0.379 e. The molecule has 18 heavy (non-hydrogen) atoms. The second kappa shape index (κ2) is 6.66. The molecule has 0 spiro atoms. The van der Waals surface area contributed by atoms with Gasteiger partial charge in [0.05, 0.1) is 5.60 Å². The predicted molar refractivity (Wildman–Crippen MR) is 71.7 cm³/mol. The van der Waals surface area contributed by atoms with E-state index in [0.29, 0.717) is 19.0 Å². The highest BCUT2D eigenvalue weighted by molar-refractivity contribution is 5.34. The van der Waals surface area contributed by atoms with Crippen molar-refractivity contribution in [3.05, 3.63) is 17.6 Å². The fraction of sp³-hybridized carbons (Fsp3) is 0.692. The fourth-order valence-corrected chi connectivity index (χ4v) is 1.41. The predicted octanol–water partition coefficient (Wildman–Crippen LogP) is 2.16. The lowest BCUT2D eigenvalue weighted by Gasteiger charge is -2.22. The fourth-order valence-electron chi connectivity index (χ4n) is 1.41. The lowest BCUT2D eigenvalue weighted by molar-refractivity contribution is -0.0132. The third-order valence-corrected chi connectivity index (χ3v) is 2.79. The lowest BCUT2D eigenvalue weighted by atomic mass is 10.1. The van der Waals surface area contributed by atoms with Crippen molar-refractivity contribution in [1.29, 1.82) is 0 Å². The highest BCUT2D eigenvalue weighted by atomic mass is 16.5. The summed E-state index contributed by atoms with van der Waals surface area (Å²) in [6.07, 6.45) is 0.841. The van der Waals surface area contributed by atoms with Crippen molar-refractivity contribution in [3.8, 4) is 0 Å². The first-order valence-electron chi connectivity index (χ1n) is 6.12. The van der Waals surface area contributed by atoms with Crippen LogP contribution in [-0.4, -0.2) is 36.3 Å². The summed E-state index contributed by atoms with van der Waals surface area (Å²) < 4.78 is 10.9. The smallest absolute Gasteiger partial charge is 0.156 e. The Morgan fingerprint density at radius 3 is 2.67 bits per heavy atom. The van der Waals surface area contributed by atoms with Crippen molar-refractivity contribution in [3.63, 3.8) is 0 Å². The molecule has 0 aliphatic rings. The van der Waals surface area contributed by atoms with Gasteiger partial charge in [-0.25, -0.2) is 9.97 Å². The number of aryl methyl sites for hydroxylation is 1. The number of nitrogens with one attached hydrogen (secondary N) is 1. The molecule has 0 amide bonds. The Hall–Kier alpha value is -1.20. The summed E-state index contributed by atoms with van der Waals surface area (Å²) >= 11 is 0. The molecule has 0 aliphatic carbocycles. The summed E-state index contributed by atoms with van der Waals surface area (Å²) in [4.78, 5) is 8.66. The molecule has 0 atom stereocenters. The molecular formula is C13H23N3O2. The number of aromatic nitrogens is 2. The Morgan fingerprint density at radius 2 is 2.06 bits per heavy atom. The van der Waals surface area contributed by atoms with E-state index in [0.717, 1.165) is 17.9 Å². The molecule has 5 nitrogen and oxygen atoms in total. The molecule has 0 fully saturated rings. The van der Waals surface area contributed by atoms with Crippen LogP contribution in [-0.2, 0) is 16.1 Å². The maximum Gasteiger partial charge on any atom is 0.156 e. The first kappa shape index (κ1) is 14.9. The van der Waals surface area contributed by atoms with Gasteiger partial charge >= 0.3 is 0 Å². The van der Waals surface area contributed by atoms with Gasteiger partial charge in [-0.3, -0.25) is 0 Å². The monoisotopic (exact) mass is 253 g/mol. The molecule has 0 unspecified atom stereocenters. The zero-order valence-corrected chi connectivity index (χ0v) is 11.9. The van der Waals surface area contributed by atoms with Gasteiger partial charge in [-0.1, -0.05) is 0 Å². The maximum absolute atomic E-state index is 5.58. The van der Waals surface area contributed by atoms with Gasteiger partial charge in [0.15, 0.2) is 5.82 Å². The molecule has 1 rings (SSSR count). The number of ether oxygens (including phenoxy) is 2. The Morgan fingerprint density at radius 1 is 1.33 bits per heavy atom. The van der Waals surface area contributed by atoms with Crippen LogP contribution < -0.4 is 5.32 Å². The molecule has 1 aromatic heterocycles. The maximum atomic E-state index is 5.58. The van der Waals surface area contributed by atoms with E-state index in [-0.39, 0.29) is 5.60 Å². The molecule has 0 aromatic carbocycles. The van der Waals surface area contributed by atoms with E-state index in [1.807, 2.05) is 33.9 Å². The molecule has 0 saturated carbocycles. The first-order chi connectivity index (χ1) is 8.46. The van der Waals surface area contributed by atoms with Crippen molar-refractivity contribution >= 4 is 5.82 Å². The molecule has 5 heteroatoms. The second-order valence-corrected chi connectivity index (χ2v) is 4.83. The number of nitrogens with zero attached hydrogens (tertiary/aromatic N) is 2. The van der Waals surface area contributed by atoms with Crippen LogP contribution in [0.15, 0.2) is 6.07 Å². The Bertz CT molecular complexity index is 380. The van der Waals surface area contributed by atoms with Crippen LogP contribution >= 0.6 is 0 Å². The first-order valence-corrected chi connectivity index (χ1v) is 6.12. The van der Waals surface area contributed by atoms with Gasteiger partial charge in [-0.05, 0) is 27.2 Å². The van der Waals surface area contributed by atoms with Gasteiger partial charge in [-0.2, -0.15) is 0 Å². The van der Waals surface area contributed by atoms with Gasteiger partial charge in [0.2, 0.25) is 0 Å². The van der Waals surface area contributed by atoms with Crippen LogP contribution in [0.4, 0.5) is 5.82 Å². The van der Waals surface area contributed by atoms with Crippen molar-refractivity contribution < 1.29 is 9.47 Å². The topological polar surface area (TPSA) is 56.3 Å². The van der Waals surface area contributed by atoms with Crippen molar-refractivity contribution in [2.45, 2.75) is 39.4 Å². The van der Waals surface area contributed by atoms with Crippen LogP contribution in [0.25, 0.3) is 0 Å². The van der Waals surface area contributed by atoms with Crippen LogP contribution in [0.3, 0.4) is 0 Å². The molecule has 0 bridgehead atoms. The van der Waals surface area contributed by atoms with E-state index in [2.05, 4.69) is 15.3 Å². The van der Waals surface area contributed by atoms with Crippen molar-refractivity contribution in [2.75, 3.05) is 26.1 Å². The van der Waals surface area contributed by atoms with E-state index in [9.17, 15) is 0 Å². The number of anilines is 1. The minimum atomic E-state index is -0.149. The number of rotatable bonds is 7. The number of methoxy groups -OCH3 is 1. The number of hydrogen-bond donors (Lipinski definition) is 1. The molecule has 1 aromatic rings. The van der Waals surface area contributed by atoms with Gasteiger partial charge in [0.1, 0.15) is 12.4 Å². The van der Waals surface area contributed by atoms with Crippen molar-refractivity contribution in [2.24, 2.45) is 0 Å².